The van der Waals surface area contributed by atoms with Crippen LogP contribution in [0.1, 0.15) is 6.92 Å². The largest absolute Gasteiger partial charge is 0.394 e. The molecule has 2 amide bonds. The number of carbonyl (C=O) groups excluding carboxylic acids is 1. The molecule has 7 heteroatoms. The maximum atomic E-state index is 11.9. The first-order valence-corrected chi connectivity index (χ1v) is 5.91. The van der Waals surface area contributed by atoms with Crippen LogP contribution in [0.3, 0.4) is 0 Å². The zero-order valence-corrected chi connectivity index (χ0v) is 10.1. The van der Waals surface area contributed by atoms with Crippen molar-refractivity contribution in [2.24, 2.45) is 0 Å². The molecule has 0 aromatic heterocycles. The predicted molar refractivity (Wildman–Crippen MR) is 61.6 cm³/mol. The van der Waals surface area contributed by atoms with Crippen LogP contribution in [-0.2, 0) is 4.74 Å². The van der Waals surface area contributed by atoms with Gasteiger partial charge in [-0.1, -0.05) is 12.2 Å². The summed E-state index contributed by atoms with van der Waals surface area (Å²) >= 11 is 0. The van der Waals surface area contributed by atoms with E-state index in [2.05, 4.69) is 5.32 Å². The van der Waals surface area contributed by atoms with Gasteiger partial charge < -0.3 is 25.4 Å². The van der Waals surface area contributed by atoms with Crippen molar-refractivity contribution in [2.45, 2.75) is 37.5 Å². The lowest BCUT2D eigenvalue weighted by atomic mass is 10.1. The van der Waals surface area contributed by atoms with Crippen LogP contribution >= 0.6 is 0 Å². The number of nitrogens with zero attached hydrogens (tertiary/aromatic N) is 1. The Morgan fingerprint density at radius 3 is 2.83 bits per heavy atom. The number of aliphatic hydroxyl groups is 3. The second-order valence-corrected chi connectivity index (χ2v) is 4.55. The van der Waals surface area contributed by atoms with E-state index < -0.39 is 31.1 Å². The molecule has 4 N–H and O–H groups in total. The Bertz CT molecular complexity index is 348. The van der Waals surface area contributed by atoms with Crippen molar-refractivity contribution in [2.75, 3.05) is 13.2 Å². The Balaban J connectivity index is 2.11. The Morgan fingerprint density at radius 1 is 1.50 bits per heavy atom. The third kappa shape index (κ3) is 2.35. The molecule has 2 aliphatic heterocycles. The predicted octanol–water partition coefficient (Wildman–Crippen LogP) is -1.60. The zero-order chi connectivity index (χ0) is 13.3. The minimum absolute atomic E-state index is 0.0976. The molecule has 0 aromatic rings. The van der Waals surface area contributed by atoms with Crippen LogP contribution in [0.5, 0.6) is 0 Å². The van der Waals surface area contributed by atoms with Crippen LogP contribution in [0.15, 0.2) is 12.2 Å². The van der Waals surface area contributed by atoms with Gasteiger partial charge in [-0.25, -0.2) is 4.79 Å². The molecular weight excluding hydrogens is 240 g/mol. The van der Waals surface area contributed by atoms with Crippen LogP contribution in [-0.4, -0.2) is 70.0 Å². The minimum Gasteiger partial charge on any atom is -0.394 e. The second kappa shape index (κ2) is 5.23. The molecule has 5 atom stereocenters. The van der Waals surface area contributed by atoms with Gasteiger partial charge in [-0.15, -0.1) is 0 Å². The highest BCUT2D eigenvalue weighted by atomic mass is 16.6. The van der Waals surface area contributed by atoms with Crippen LogP contribution < -0.4 is 5.32 Å². The van der Waals surface area contributed by atoms with E-state index >= 15 is 0 Å². The van der Waals surface area contributed by atoms with Gasteiger partial charge in [-0.2, -0.15) is 0 Å². The smallest absolute Gasteiger partial charge is 0.320 e. The molecule has 0 aliphatic carbocycles. The third-order valence-corrected chi connectivity index (χ3v) is 3.16. The lowest BCUT2D eigenvalue weighted by Crippen LogP contribution is -2.51. The van der Waals surface area contributed by atoms with Crippen molar-refractivity contribution in [3.63, 3.8) is 0 Å². The molecule has 102 valence electrons. The molecule has 7 nitrogen and oxygen atoms in total. The summed E-state index contributed by atoms with van der Waals surface area (Å²) in [6.45, 7) is 1.70. The molecule has 0 spiro atoms. The Hall–Kier alpha value is -1.15. The Morgan fingerprint density at radius 2 is 2.22 bits per heavy atom. The van der Waals surface area contributed by atoms with E-state index in [0.29, 0.717) is 0 Å². The molecule has 1 fully saturated rings. The average molecular weight is 258 g/mol. The minimum atomic E-state index is -1.23. The van der Waals surface area contributed by atoms with Crippen LogP contribution in [0.2, 0.25) is 0 Å². The SMILES string of the molecule is C[C@H]1C=CCN([C@@H]2O[C@H](CO)[C@@H](O)[C@H]2O)C(=O)N1. The van der Waals surface area contributed by atoms with Crippen molar-refractivity contribution in [1.29, 1.82) is 0 Å². The van der Waals surface area contributed by atoms with E-state index in [-0.39, 0.29) is 18.6 Å². The molecule has 0 radical (unpaired) electrons. The number of ether oxygens (including phenoxy) is 1. The molecule has 0 saturated carbocycles. The number of rotatable bonds is 2. The van der Waals surface area contributed by atoms with Gasteiger partial charge in [0.05, 0.1) is 6.61 Å². The van der Waals surface area contributed by atoms with Gasteiger partial charge in [0.25, 0.3) is 0 Å². The summed E-state index contributed by atoms with van der Waals surface area (Å²) in [4.78, 5) is 13.2. The number of hydrogen-bond donors (Lipinski definition) is 4. The first kappa shape index (κ1) is 13.3. The molecule has 2 heterocycles. The van der Waals surface area contributed by atoms with E-state index in [4.69, 9.17) is 9.84 Å². The van der Waals surface area contributed by atoms with Gasteiger partial charge >= 0.3 is 6.03 Å². The van der Waals surface area contributed by atoms with Crippen molar-refractivity contribution >= 4 is 6.03 Å². The molecule has 1 saturated heterocycles. The molecule has 0 unspecified atom stereocenters. The Labute approximate surface area is 105 Å². The highest BCUT2D eigenvalue weighted by molar-refractivity contribution is 5.75. The van der Waals surface area contributed by atoms with E-state index in [1.807, 2.05) is 13.0 Å². The monoisotopic (exact) mass is 258 g/mol. The first-order valence-electron chi connectivity index (χ1n) is 5.91. The van der Waals surface area contributed by atoms with E-state index in [0.717, 1.165) is 0 Å². The summed E-state index contributed by atoms with van der Waals surface area (Å²) < 4.78 is 5.32. The molecular formula is C11H18N2O5. The molecule has 2 aliphatic rings. The summed E-state index contributed by atoms with van der Waals surface area (Å²) in [7, 11) is 0. The van der Waals surface area contributed by atoms with E-state index in [1.165, 1.54) is 4.90 Å². The molecule has 2 rings (SSSR count). The van der Waals surface area contributed by atoms with Gasteiger partial charge in [-0.05, 0) is 6.92 Å². The maximum Gasteiger partial charge on any atom is 0.320 e. The summed E-state index contributed by atoms with van der Waals surface area (Å²) in [5.74, 6) is 0. The highest BCUT2D eigenvalue weighted by Crippen LogP contribution is 2.24. The zero-order valence-electron chi connectivity index (χ0n) is 10.1. The second-order valence-electron chi connectivity index (χ2n) is 4.55. The number of aliphatic hydroxyl groups excluding tert-OH is 3. The fourth-order valence-electron chi connectivity index (χ4n) is 2.14. The fourth-order valence-corrected chi connectivity index (χ4v) is 2.14. The molecule has 0 aromatic carbocycles. The average Bonchev–Trinajstić information content (AvgIpc) is 2.51. The summed E-state index contributed by atoms with van der Waals surface area (Å²) in [6, 6.07) is -0.470. The van der Waals surface area contributed by atoms with E-state index in [9.17, 15) is 15.0 Å². The summed E-state index contributed by atoms with van der Waals surface area (Å²) in [5.41, 5.74) is 0. The van der Waals surface area contributed by atoms with Gasteiger partial charge in [0, 0.05) is 12.6 Å². The lowest BCUT2D eigenvalue weighted by Gasteiger charge is -2.28. The van der Waals surface area contributed by atoms with E-state index in [1.54, 1.807) is 6.08 Å². The van der Waals surface area contributed by atoms with Crippen molar-refractivity contribution < 1.29 is 24.9 Å². The van der Waals surface area contributed by atoms with Crippen LogP contribution in [0.25, 0.3) is 0 Å². The number of carbonyl (C=O) groups is 1. The normalized spacial score (nSPS) is 40.8. The fraction of sp³-hybridized carbons (Fsp3) is 0.727. The number of urea groups is 1. The quantitative estimate of drug-likeness (QED) is 0.447. The van der Waals surface area contributed by atoms with Crippen molar-refractivity contribution in [3.8, 4) is 0 Å². The highest BCUT2D eigenvalue weighted by Gasteiger charge is 2.46. The Kier molecular flexibility index (Phi) is 3.86. The standard InChI is InChI=1S/C11H18N2O5/c1-6-3-2-4-13(11(17)12-6)10-9(16)8(15)7(5-14)18-10/h2-3,6-10,14-16H,4-5H2,1H3,(H,12,17)/t6-,7+,8+,9+,10+/m0/s1. The maximum absolute atomic E-state index is 11.9. The third-order valence-electron chi connectivity index (χ3n) is 3.16. The van der Waals surface area contributed by atoms with Crippen LogP contribution in [0, 0.1) is 0 Å². The van der Waals surface area contributed by atoms with Gasteiger partial charge in [0.2, 0.25) is 0 Å². The number of nitrogens with one attached hydrogen (secondary N) is 1. The summed E-state index contributed by atoms with van der Waals surface area (Å²) in [5, 5.41) is 31.2. The van der Waals surface area contributed by atoms with Crippen molar-refractivity contribution in [1.82, 2.24) is 10.2 Å². The molecule has 0 bridgehead atoms. The number of hydrogen-bond acceptors (Lipinski definition) is 5. The lowest BCUT2D eigenvalue weighted by molar-refractivity contribution is -0.0757. The topological polar surface area (TPSA) is 102 Å². The molecule has 18 heavy (non-hydrogen) atoms. The summed E-state index contributed by atoms with van der Waals surface area (Å²) in [6.07, 6.45) is -0.627. The van der Waals surface area contributed by atoms with Gasteiger partial charge in [-0.3, -0.25) is 4.90 Å². The first-order chi connectivity index (χ1) is 8.54. The van der Waals surface area contributed by atoms with Gasteiger partial charge in [0.1, 0.15) is 18.3 Å². The number of amides is 2. The van der Waals surface area contributed by atoms with Gasteiger partial charge in [0.15, 0.2) is 6.23 Å². The van der Waals surface area contributed by atoms with Crippen LogP contribution in [0.4, 0.5) is 4.79 Å². The van der Waals surface area contributed by atoms with Crippen molar-refractivity contribution in [3.05, 3.63) is 12.2 Å².